The maximum atomic E-state index is 13.9. The van der Waals surface area contributed by atoms with Crippen LogP contribution in [0.5, 0.6) is 0 Å². The Bertz CT molecular complexity index is 1460. The minimum atomic E-state index is -0.552. The first-order chi connectivity index (χ1) is 16.8. The number of halogens is 2. The van der Waals surface area contributed by atoms with Crippen LogP contribution in [0.3, 0.4) is 0 Å². The van der Waals surface area contributed by atoms with E-state index in [0.29, 0.717) is 33.4 Å². The second-order valence-corrected chi connectivity index (χ2v) is 8.93. The summed E-state index contributed by atoms with van der Waals surface area (Å²) < 4.78 is 19.7. The number of aryl methyl sites for hydroxylation is 2. The summed E-state index contributed by atoms with van der Waals surface area (Å²) >= 11 is 6.10. The lowest BCUT2D eigenvalue weighted by Crippen LogP contribution is -2.46. The van der Waals surface area contributed by atoms with Crippen LogP contribution in [-0.2, 0) is 0 Å². The average Bonchev–Trinajstić information content (AvgIpc) is 3.31. The third kappa shape index (κ3) is 4.31. The second kappa shape index (κ2) is 9.00. The van der Waals surface area contributed by atoms with Crippen LogP contribution in [0.1, 0.15) is 35.5 Å². The van der Waals surface area contributed by atoms with Gasteiger partial charge in [0.2, 0.25) is 5.82 Å². The molecule has 1 aliphatic rings. The van der Waals surface area contributed by atoms with Crippen molar-refractivity contribution in [2.75, 3.05) is 4.90 Å². The van der Waals surface area contributed by atoms with Crippen LogP contribution < -0.4 is 10.2 Å². The van der Waals surface area contributed by atoms with E-state index in [1.54, 1.807) is 31.2 Å². The monoisotopic (exact) mass is 488 g/mol. The minimum absolute atomic E-state index is 0.280. The summed E-state index contributed by atoms with van der Waals surface area (Å²) in [6, 6.07) is 18.7. The lowest BCUT2D eigenvalue weighted by molar-refractivity contribution is 0.244. The molecule has 0 spiro atoms. The van der Waals surface area contributed by atoms with Gasteiger partial charge in [-0.05, 0) is 68.3 Å². The van der Waals surface area contributed by atoms with Gasteiger partial charge < -0.3 is 9.84 Å². The van der Waals surface area contributed by atoms with Gasteiger partial charge in [-0.25, -0.2) is 9.18 Å². The normalized spacial score (nSPS) is 16.0. The van der Waals surface area contributed by atoms with E-state index in [1.165, 1.54) is 11.0 Å². The molecular formula is C27H22ClFN4O2. The number of anilines is 1. The number of allylic oxidation sites excluding steroid dienone is 1. The highest BCUT2D eigenvalue weighted by Crippen LogP contribution is 2.39. The van der Waals surface area contributed by atoms with Gasteiger partial charge in [0.1, 0.15) is 5.82 Å². The van der Waals surface area contributed by atoms with E-state index in [4.69, 9.17) is 16.1 Å². The number of rotatable bonds is 4. The van der Waals surface area contributed by atoms with Crippen molar-refractivity contribution in [3.05, 3.63) is 106 Å². The zero-order valence-electron chi connectivity index (χ0n) is 19.3. The summed E-state index contributed by atoms with van der Waals surface area (Å²) in [5.41, 5.74) is 4.91. The van der Waals surface area contributed by atoms with Gasteiger partial charge in [0.25, 0.3) is 5.89 Å². The molecule has 176 valence electrons. The highest BCUT2D eigenvalue weighted by molar-refractivity contribution is 6.30. The Labute approximate surface area is 207 Å². The lowest BCUT2D eigenvalue weighted by Gasteiger charge is -2.35. The van der Waals surface area contributed by atoms with Crippen molar-refractivity contribution in [2.24, 2.45) is 0 Å². The molecule has 0 bridgehead atoms. The van der Waals surface area contributed by atoms with E-state index in [0.717, 1.165) is 16.7 Å². The highest BCUT2D eigenvalue weighted by Gasteiger charge is 2.36. The van der Waals surface area contributed by atoms with Crippen molar-refractivity contribution < 1.29 is 13.7 Å². The van der Waals surface area contributed by atoms with Crippen LogP contribution in [0.4, 0.5) is 14.9 Å². The summed E-state index contributed by atoms with van der Waals surface area (Å²) in [5.74, 6) is 0.384. The SMILES string of the molecule is CC1=C(c2nc(-c3cccc(C)c3)no2)C(c2ccc(Cl)cc2)NC(=O)N1c1ccc(F)c(C)c1. The zero-order valence-corrected chi connectivity index (χ0v) is 20.1. The number of nitrogens with zero attached hydrogens (tertiary/aromatic N) is 3. The molecule has 6 nitrogen and oxygen atoms in total. The smallest absolute Gasteiger partial charge is 0.326 e. The van der Waals surface area contributed by atoms with Gasteiger partial charge >= 0.3 is 6.03 Å². The Balaban J connectivity index is 1.66. The van der Waals surface area contributed by atoms with Crippen molar-refractivity contribution in [2.45, 2.75) is 26.8 Å². The predicted molar refractivity (Wildman–Crippen MR) is 133 cm³/mol. The quantitative estimate of drug-likeness (QED) is 0.341. The first-order valence-corrected chi connectivity index (χ1v) is 11.4. The molecule has 1 atom stereocenters. The number of amides is 2. The molecule has 1 unspecified atom stereocenters. The summed E-state index contributed by atoms with van der Waals surface area (Å²) in [7, 11) is 0. The molecular weight excluding hydrogens is 467 g/mol. The molecule has 8 heteroatoms. The predicted octanol–water partition coefficient (Wildman–Crippen LogP) is 6.85. The third-order valence-electron chi connectivity index (χ3n) is 6.02. The largest absolute Gasteiger partial charge is 0.334 e. The van der Waals surface area contributed by atoms with Crippen molar-refractivity contribution in [1.82, 2.24) is 15.5 Å². The molecule has 35 heavy (non-hydrogen) atoms. The molecule has 0 fully saturated rings. The van der Waals surface area contributed by atoms with E-state index in [1.807, 2.05) is 50.2 Å². The molecule has 1 N–H and O–H groups in total. The summed E-state index contributed by atoms with van der Waals surface area (Å²) in [4.78, 5) is 19.5. The van der Waals surface area contributed by atoms with Gasteiger partial charge in [-0.3, -0.25) is 4.90 Å². The van der Waals surface area contributed by atoms with Gasteiger partial charge in [-0.15, -0.1) is 0 Å². The number of aromatic nitrogens is 2. The first-order valence-electron chi connectivity index (χ1n) is 11.1. The number of carbonyl (C=O) groups is 1. The summed E-state index contributed by atoms with van der Waals surface area (Å²) in [5, 5.41) is 7.82. The van der Waals surface area contributed by atoms with E-state index < -0.39 is 6.04 Å². The summed E-state index contributed by atoms with van der Waals surface area (Å²) in [6.07, 6.45) is 0. The standard InChI is InChI=1S/C27H22ClFN4O2/c1-15-5-4-6-19(13-15)25-31-26(35-32-25)23-17(3)33(21-11-12-22(29)16(2)14-21)27(34)30-24(23)18-7-9-20(28)10-8-18/h4-14,24H,1-3H3,(H,30,34). The average molecular weight is 489 g/mol. The number of benzene rings is 3. The molecule has 3 aromatic carbocycles. The van der Waals surface area contributed by atoms with Crippen LogP contribution in [0.2, 0.25) is 5.02 Å². The minimum Gasteiger partial charge on any atom is -0.334 e. The van der Waals surface area contributed by atoms with Crippen LogP contribution in [-0.4, -0.2) is 16.2 Å². The fourth-order valence-corrected chi connectivity index (χ4v) is 4.36. The van der Waals surface area contributed by atoms with E-state index in [9.17, 15) is 9.18 Å². The summed E-state index contributed by atoms with van der Waals surface area (Å²) in [6.45, 7) is 5.46. The van der Waals surface area contributed by atoms with E-state index in [2.05, 4.69) is 15.5 Å². The number of carbonyl (C=O) groups excluding carboxylic acids is 1. The molecule has 5 rings (SSSR count). The lowest BCUT2D eigenvalue weighted by atomic mass is 9.94. The highest BCUT2D eigenvalue weighted by atomic mass is 35.5. The topological polar surface area (TPSA) is 71.3 Å². The van der Waals surface area contributed by atoms with Gasteiger partial charge in [-0.2, -0.15) is 4.98 Å². The molecule has 1 aliphatic heterocycles. The van der Waals surface area contributed by atoms with Crippen molar-refractivity contribution >= 4 is 28.9 Å². The van der Waals surface area contributed by atoms with Gasteiger partial charge in [-0.1, -0.05) is 52.7 Å². The second-order valence-electron chi connectivity index (χ2n) is 8.49. The molecule has 2 amide bonds. The molecule has 0 aliphatic carbocycles. The Morgan fingerprint density at radius 1 is 1.03 bits per heavy atom. The molecule has 1 aromatic heterocycles. The van der Waals surface area contributed by atoms with Crippen LogP contribution in [0.15, 0.2) is 77.0 Å². The van der Waals surface area contributed by atoms with Crippen LogP contribution in [0, 0.1) is 19.7 Å². The Morgan fingerprint density at radius 3 is 2.51 bits per heavy atom. The number of nitrogens with one attached hydrogen (secondary N) is 1. The Hall–Kier alpha value is -3.97. The van der Waals surface area contributed by atoms with E-state index >= 15 is 0 Å². The molecule has 2 heterocycles. The van der Waals surface area contributed by atoms with Gasteiger partial charge in [0, 0.05) is 16.3 Å². The Morgan fingerprint density at radius 2 is 1.80 bits per heavy atom. The maximum absolute atomic E-state index is 13.9. The maximum Gasteiger partial charge on any atom is 0.326 e. The fourth-order valence-electron chi connectivity index (χ4n) is 4.24. The molecule has 0 saturated heterocycles. The Kier molecular flexibility index (Phi) is 5.86. The van der Waals surface area contributed by atoms with Crippen molar-refractivity contribution in [3.8, 4) is 11.4 Å². The third-order valence-corrected chi connectivity index (χ3v) is 6.27. The van der Waals surface area contributed by atoms with Crippen LogP contribution in [0.25, 0.3) is 17.0 Å². The van der Waals surface area contributed by atoms with Crippen LogP contribution >= 0.6 is 11.6 Å². The first kappa shape index (κ1) is 22.8. The van der Waals surface area contributed by atoms with Gasteiger partial charge in [0.05, 0.1) is 17.3 Å². The molecule has 0 radical (unpaired) electrons. The zero-order chi connectivity index (χ0) is 24.7. The fraction of sp³-hybridized carbons (Fsp3) is 0.148. The number of hydrogen-bond donors (Lipinski definition) is 1. The number of hydrogen-bond acceptors (Lipinski definition) is 4. The van der Waals surface area contributed by atoms with Gasteiger partial charge in [0.15, 0.2) is 0 Å². The molecule has 0 saturated carbocycles. The number of urea groups is 1. The molecule has 4 aromatic rings. The van der Waals surface area contributed by atoms with Crippen molar-refractivity contribution in [1.29, 1.82) is 0 Å². The van der Waals surface area contributed by atoms with E-state index in [-0.39, 0.29) is 17.7 Å². The van der Waals surface area contributed by atoms with Crippen molar-refractivity contribution in [3.63, 3.8) is 0 Å².